The van der Waals surface area contributed by atoms with Crippen LogP contribution in [-0.2, 0) is 38.1 Å². The summed E-state index contributed by atoms with van der Waals surface area (Å²) in [6, 6.07) is 0. The maximum absolute atomic E-state index is 11.7. The van der Waals surface area contributed by atoms with E-state index < -0.39 is 20.0 Å². The number of carbonyl (C=O) groups is 4. The first-order valence-corrected chi connectivity index (χ1v) is 11.5. The Bertz CT molecular complexity index is 634. The molecule has 0 N–H and O–H groups in total. The molecule has 0 saturated heterocycles. The summed E-state index contributed by atoms with van der Waals surface area (Å²) < 4.78 is 17.2. The molecular weight excluding hydrogens is 552 g/mol. The quantitative estimate of drug-likeness (QED) is 0.173. The molecule has 0 aromatic rings. The molecule has 0 spiro atoms. The summed E-state index contributed by atoms with van der Waals surface area (Å²) in [6.07, 6.45) is 0.311. The fraction of sp³-hybridized carbons (Fsp3) is 0.727. The van der Waals surface area contributed by atoms with Crippen molar-refractivity contribution in [3.05, 3.63) is 12.2 Å². The van der Waals surface area contributed by atoms with Crippen LogP contribution in [0.4, 0.5) is 0 Å². The van der Waals surface area contributed by atoms with Crippen molar-refractivity contribution in [2.45, 2.75) is 70.5 Å². The first-order valence-electron chi connectivity index (χ1n) is 9.88. The molecule has 0 saturated carbocycles. The molecule has 0 heterocycles. The predicted molar refractivity (Wildman–Crippen MR) is 131 cm³/mol. The van der Waals surface area contributed by atoms with Gasteiger partial charge in [0, 0.05) is 5.57 Å². The van der Waals surface area contributed by atoms with Gasteiger partial charge in [0.05, 0.1) is 32.8 Å². The molecule has 0 aliphatic heterocycles. The normalized spacial score (nSPS) is 12.4. The second-order valence-electron chi connectivity index (χ2n) is 7.93. The third-order valence-corrected chi connectivity index (χ3v) is 4.44. The van der Waals surface area contributed by atoms with E-state index in [0.717, 1.165) is 0 Å². The van der Waals surface area contributed by atoms with Gasteiger partial charge in [-0.05, 0) is 61.8 Å². The van der Waals surface area contributed by atoms with E-state index >= 15 is 0 Å². The average molecular weight is 590 g/mol. The van der Waals surface area contributed by atoms with Crippen LogP contribution in [0.15, 0.2) is 12.2 Å². The maximum atomic E-state index is 11.7. The van der Waals surface area contributed by atoms with Crippen molar-refractivity contribution < 1.29 is 38.1 Å². The molecule has 0 amide bonds. The first kappa shape index (κ1) is 35.2. The Kier molecular flexibility index (Phi) is 17.8. The van der Waals surface area contributed by atoms with E-state index in [2.05, 4.69) is 47.9 Å². The zero-order valence-corrected chi connectivity index (χ0v) is 24.0. The number of carbonyl (C=O) groups excluding carboxylic acids is 4. The average Bonchev–Trinajstić information content (AvgIpc) is 2.66. The highest BCUT2D eigenvalue weighted by atomic mass is 79.9. The lowest BCUT2D eigenvalue weighted by Crippen LogP contribution is -2.39. The molecule has 0 fully saturated rings. The molecule has 1 unspecified atom stereocenters. The van der Waals surface area contributed by atoms with Crippen LogP contribution in [0.2, 0.25) is 0 Å². The van der Waals surface area contributed by atoms with Gasteiger partial charge in [-0.2, -0.15) is 0 Å². The highest BCUT2D eigenvalue weighted by Crippen LogP contribution is 2.35. The fourth-order valence-electron chi connectivity index (χ4n) is 1.99. The first-order chi connectivity index (χ1) is 14.3. The largest absolute Gasteiger partial charge is 0.468 e. The van der Waals surface area contributed by atoms with E-state index in [1.165, 1.54) is 14.2 Å². The van der Waals surface area contributed by atoms with Crippen molar-refractivity contribution >= 4 is 55.7 Å². The molecule has 0 bridgehead atoms. The van der Waals surface area contributed by atoms with Crippen LogP contribution in [0, 0.1) is 5.41 Å². The van der Waals surface area contributed by atoms with E-state index in [4.69, 9.17) is 9.47 Å². The summed E-state index contributed by atoms with van der Waals surface area (Å²) in [6.45, 7) is 17.9. The highest BCUT2D eigenvalue weighted by Gasteiger charge is 2.42. The molecule has 0 aromatic carbocycles. The Morgan fingerprint density at radius 3 is 1.41 bits per heavy atom. The summed E-state index contributed by atoms with van der Waals surface area (Å²) in [5, 5.41) is 0. The Morgan fingerprint density at radius 1 is 0.781 bits per heavy atom. The van der Waals surface area contributed by atoms with Crippen LogP contribution in [0.1, 0.15) is 61.8 Å². The van der Waals surface area contributed by atoms with Crippen molar-refractivity contribution in [2.75, 3.05) is 27.4 Å². The molecule has 0 radical (unpaired) electrons. The number of alkyl halides is 2. The van der Waals surface area contributed by atoms with E-state index in [9.17, 15) is 19.2 Å². The lowest BCUT2D eigenvalue weighted by Gasteiger charge is -2.29. The zero-order valence-electron chi connectivity index (χ0n) is 20.9. The molecule has 188 valence electrons. The van der Waals surface area contributed by atoms with Crippen molar-refractivity contribution in [3.63, 3.8) is 0 Å². The SMILES string of the molecule is C=C(C)C(=O)OC.CCOC(=O)C(C)(C)Br.CCOC(=O)C(C)(C)CC(C)(Br)C(=O)OC. The van der Waals surface area contributed by atoms with Crippen LogP contribution >= 0.6 is 31.9 Å². The minimum atomic E-state index is -0.877. The Labute approximate surface area is 209 Å². The number of ether oxygens (including phenoxy) is 4. The molecular formula is C22H38Br2O8. The topological polar surface area (TPSA) is 105 Å². The van der Waals surface area contributed by atoms with Gasteiger partial charge in [-0.25, -0.2) is 4.79 Å². The van der Waals surface area contributed by atoms with Crippen LogP contribution in [0.25, 0.3) is 0 Å². The number of esters is 4. The van der Waals surface area contributed by atoms with Gasteiger partial charge in [0.1, 0.15) is 8.65 Å². The number of rotatable bonds is 8. The zero-order chi connectivity index (χ0) is 26.3. The Morgan fingerprint density at radius 2 is 1.19 bits per heavy atom. The summed E-state index contributed by atoms with van der Waals surface area (Å²) in [7, 11) is 2.65. The second-order valence-corrected chi connectivity index (χ2v) is 11.7. The molecule has 10 heteroatoms. The van der Waals surface area contributed by atoms with Gasteiger partial charge in [-0.1, -0.05) is 38.4 Å². The van der Waals surface area contributed by atoms with Crippen LogP contribution in [-0.4, -0.2) is 60.0 Å². The predicted octanol–water partition coefficient (Wildman–Crippen LogP) is 4.75. The Balaban J connectivity index is -0.000000442. The van der Waals surface area contributed by atoms with E-state index in [1.807, 2.05) is 0 Å². The van der Waals surface area contributed by atoms with Crippen molar-refractivity contribution in [1.29, 1.82) is 0 Å². The van der Waals surface area contributed by atoms with Gasteiger partial charge in [0.15, 0.2) is 0 Å². The van der Waals surface area contributed by atoms with Gasteiger partial charge in [0.2, 0.25) is 0 Å². The van der Waals surface area contributed by atoms with E-state index in [1.54, 1.807) is 55.4 Å². The number of methoxy groups -OCH3 is 2. The summed E-state index contributed by atoms with van der Waals surface area (Å²) in [5.41, 5.74) is -0.301. The monoisotopic (exact) mass is 588 g/mol. The van der Waals surface area contributed by atoms with Crippen molar-refractivity contribution in [3.8, 4) is 0 Å². The highest BCUT2D eigenvalue weighted by molar-refractivity contribution is 9.10. The van der Waals surface area contributed by atoms with Crippen LogP contribution in [0.3, 0.4) is 0 Å². The van der Waals surface area contributed by atoms with Gasteiger partial charge < -0.3 is 18.9 Å². The van der Waals surface area contributed by atoms with Gasteiger partial charge >= 0.3 is 23.9 Å². The number of hydrogen-bond donors (Lipinski definition) is 0. The lowest BCUT2D eigenvalue weighted by molar-refractivity contribution is -0.155. The smallest absolute Gasteiger partial charge is 0.332 e. The number of halogens is 2. The van der Waals surface area contributed by atoms with Crippen molar-refractivity contribution in [2.24, 2.45) is 5.41 Å². The molecule has 0 aromatic heterocycles. The molecule has 8 nitrogen and oxygen atoms in total. The van der Waals surface area contributed by atoms with Crippen molar-refractivity contribution in [1.82, 2.24) is 0 Å². The molecule has 32 heavy (non-hydrogen) atoms. The maximum Gasteiger partial charge on any atom is 0.332 e. The molecule has 0 aliphatic rings. The summed E-state index contributed by atoms with van der Waals surface area (Å²) in [5.74, 6) is -1.28. The van der Waals surface area contributed by atoms with Crippen LogP contribution in [0.5, 0.6) is 0 Å². The lowest BCUT2D eigenvalue weighted by atomic mass is 9.83. The van der Waals surface area contributed by atoms with Crippen LogP contribution < -0.4 is 0 Å². The van der Waals surface area contributed by atoms with Gasteiger partial charge in [-0.15, -0.1) is 0 Å². The minimum Gasteiger partial charge on any atom is -0.468 e. The summed E-state index contributed by atoms with van der Waals surface area (Å²) >= 11 is 6.45. The minimum absolute atomic E-state index is 0.218. The molecule has 0 aliphatic carbocycles. The molecule has 0 rings (SSSR count). The van der Waals surface area contributed by atoms with Gasteiger partial charge in [0.25, 0.3) is 0 Å². The van der Waals surface area contributed by atoms with Gasteiger partial charge in [-0.3, -0.25) is 14.4 Å². The van der Waals surface area contributed by atoms with E-state index in [0.29, 0.717) is 25.2 Å². The van der Waals surface area contributed by atoms with E-state index in [-0.39, 0.29) is 17.9 Å². The fourth-order valence-corrected chi connectivity index (χ4v) is 2.97. The molecule has 1 atom stereocenters. The Hall–Kier alpha value is -1.42. The third-order valence-electron chi connectivity index (χ3n) is 3.51. The summed E-state index contributed by atoms with van der Waals surface area (Å²) in [4.78, 5) is 44.1. The second kappa shape index (κ2) is 16.2. The number of hydrogen-bond acceptors (Lipinski definition) is 8. The standard InChI is InChI=1S/C11H19BrO4.C6H11BrO2.C5H8O2/c1-6-16-8(13)10(2,3)7-11(4,12)9(14)15-5;1-4-9-5(8)6(2,3)7;1-4(2)5(6)7-3/h6-7H2,1-5H3;4H2,1-3H3;1H2,2-3H3. The third kappa shape index (κ3) is 16.2.